The zero-order valence-corrected chi connectivity index (χ0v) is 13.1. The Morgan fingerprint density at radius 1 is 1.20 bits per heavy atom. The van der Waals surface area contributed by atoms with Crippen LogP contribution < -0.4 is 5.32 Å². The van der Waals surface area contributed by atoms with Crippen molar-refractivity contribution in [1.82, 2.24) is 10.2 Å². The molecule has 1 fully saturated rings. The Morgan fingerprint density at radius 2 is 1.90 bits per heavy atom. The fourth-order valence-corrected chi connectivity index (χ4v) is 2.99. The maximum absolute atomic E-state index is 3.77. The second kappa shape index (κ2) is 8.43. The molecule has 2 heteroatoms. The average molecular weight is 274 g/mol. The van der Waals surface area contributed by atoms with Crippen molar-refractivity contribution in [3.05, 3.63) is 35.9 Å². The largest absolute Gasteiger partial charge is 0.313 e. The minimum Gasteiger partial charge on any atom is -0.313 e. The summed E-state index contributed by atoms with van der Waals surface area (Å²) in [4.78, 5) is 2.63. The van der Waals surface area contributed by atoms with Crippen LogP contribution >= 0.6 is 0 Å². The van der Waals surface area contributed by atoms with Crippen molar-refractivity contribution in [2.75, 3.05) is 26.2 Å². The zero-order valence-electron chi connectivity index (χ0n) is 13.1. The summed E-state index contributed by atoms with van der Waals surface area (Å²) in [5, 5.41) is 3.77. The second-order valence-electron chi connectivity index (χ2n) is 6.19. The van der Waals surface area contributed by atoms with Crippen LogP contribution in [0, 0.1) is 0 Å². The second-order valence-corrected chi connectivity index (χ2v) is 6.19. The van der Waals surface area contributed by atoms with Crippen molar-refractivity contribution in [1.29, 1.82) is 0 Å². The van der Waals surface area contributed by atoms with Gasteiger partial charge in [-0.3, -0.25) is 0 Å². The van der Waals surface area contributed by atoms with E-state index in [0.29, 0.717) is 5.92 Å². The van der Waals surface area contributed by atoms with E-state index < -0.39 is 0 Å². The van der Waals surface area contributed by atoms with Gasteiger partial charge in [-0.1, -0.05) is 50.6 Å². The minimum absolute atomic E-state index is 0.606. The van der Waals surface area contributed by atoms with Crippen molar-refractivity contribution in [3.8, 4) is 0 Å². The number of hydrogen-bond donors (Lipinski definition) is 1. The number of benzene rings is 1. The van der Waals surface area contributed by atoms with E-state index in [1.165, 1.54) is 50.9 Å². The number of nitrogens with one attached hydrogen (secondary N) is 1. The predicted octanol–water partition coefficient (Wildman–Crippen LogP) is 3.64. The zero-order chi connectivity index (χ0) is 14.2. The summed E-state index contributed by atoms with van der Waals surface area (Å²) in [6, 6.07) is 11.6. The molecule has 0 radical (unpaired) electrons. The fourth-order valence-electron chi connectivity index (χ4n) is 2.99. The van der Waals surface area contributed by atoms with Crippen molar-refractivity contribution in [3.63, 3.8) is 0 Å². The topological polar surface area (TPSA) is 15.3 Å². The molecule has 1 heterocycles. The Hall–Kier alpha value is -0.860. The first-order chi connectivity index (χ1) is 9.79. The number of nitrogens with zero attached hydrogens (tertiary/aromatic N) is 1. The molecule has 1 aliphatic heterocycles. The highest BCUT2D eigenvalue weighted by molar-refractivity contribution is 5.19. The molecule has 0 bridgehead atoms. The lowest BCUT2D eigenvalue weighted by Gasteiger charge is -2.33. The first kappa shape index (κ1) is 15.5. The number of hydrogen-bond acceptors (Lipinski definition) is 2. The van der Waals surface area contributed by atoms with Crippen LogP contribution in [0.1, 0.15) is 51.0 Å². The van der Waals surface area contributed by atoms with E-state index in [1.807, 2.05) is 0 Å². The molecule has 2 rings (SSSR count). The predicted molar refractivity (Wildman–Crippen MR) is 87.2 cm³/mol. The van der Waals surface area contributed by atoms with Crippen LogP contribution in [-0.2, 0) is 0 Å². The van der Waals surface area contributed by atoms with E-state index >= 15 is 0 Å². The summed E-state index contributed by atoms with van der Waals surface area (Å²) in [6.07, 6.45) is 5.28. The van der Waals surface area contributed by atoms with Crippen LogP contribution in [0.15, 0.2) is 30.3 Å². The van der Waals surface area contributed by atoms with Gasteiger partial charge in [0.15, 0.2) is 0 Å². The Bertz CT molecular complexity index is 355. The van der Waals surface area contributed by atoms with Gasteiger partial charge < -0.3 is 10.2 Å². The highest BCUT2D eigenvalue weighted by atomic mass is 15.1. The number of unbranched alkanes of at least 4 members (excludes halogenated alkanes) is 1. The summed E-state index contributed by atoms with van der Waals surface area (Å²) in [5.74, 6) is 0.606. The first-order valence-corrected chi connectivity index (χ1v) is 8.30. The third-order valence-electron chi connectivity index (χ3n) is 4.50. The molecule has 1 N–H and O–H groups in total. The van der Waals surface area contributed by atoms with E-state index in [4.69, 9.17) is 0 Å². The van der Waals surface area contributed by atoms with Crippen molar-refractivity contribution >= 4 is 0 Å². The Balaban J connectivity index is 1.66. The monoisotopic (exact) mass is 274 g/mol. The molecule has 0 aromatic heterocycles. The SMILES string of the molecule is CCCCN1CCC(NCC(C)c2ccccc2)CC1. The van der Waals surface area contributed by atoms with Gasteiger partial charge in [0.25, 0.3) is 0 Å². The molecule has 1 aromatic rings. The smallest absolute Gasteiger partial charge is 0.00916 e. The maximum atomic E-state index is 3.77. The third kappa shape index (κ3) is 4.92. The van der Waals surface area contributed by atoms with Crippen molar-refractivity contribution in [2.24, 2.45) is 0 Å². The normalized spacial score (nSPS) is 19.1. The van der Waals surface area contributed by atoms with Crippen LogP contribution in [0.4, 0.5) is 0 Å². The Kier molecular flexibility index (Phi) is 6.55. The summed E-state index contributed by atoms with van der Waals surface area (Å²) >= 11 is 0. The van der Waals surface area contributed by atoms with E-state index in [1.54, 1.807) is 0 Å². The number of rotatable bonds is 7. The molecule has 1 atom stereocenters. The van der Waals surface area contributed by atoms with Crippen LogP contribution in [-0.4, -0.2) is 37.1 Å². The van der Waals surface area contributed by atoms with E-state index in [-0.39, 0.29) is 0 Å². The lowest BCUT2D eigenvalue weighted by atomic mass is 9.99. The fraction of sp³-hybridized carbons (Fsp3) is 0.667. The molecule has 1 aromatic carbocycles. The lowest BCUT2D eigenvalue weighted by Crippen LogP contribution is -2.43. The highest BCUT2D eigenvalue weighted by Crippen LogP contribution is 2.16. The van der Waals surface area contributed by atoms with E-state index in [2.05, 4.69) is 54.4 Å². The average Bonchev–Trinajstić information content (AvgIpc) is 2.52. The van der Waals surface area contributed by atoms with Gasteiger partial charge in [0.2, 0.25) is 0 Å². The first-order valence-electron chi connectivity index (χ1n) is 8.30. The molecular formula is C18H30N2. The van der Waals surface area contributed by atoms with Crippen LogP contribution in [0.3, 0.4) is 0 Å². The van der Waals surface area contributed by atoms with Gasteiger partial charge in [-0.2, -0.15) is 0 Å². The molecule has 0 aliphatic carbocycles. The standard InChI is InChI=1S/C18H30N2/c1-3-4-12-20-13-10-18(11-14-20)19-15-16(2)17-8-6-5-7-9-17/h5-9,16,18-19H,3-4,10-15H2,1-2H3. The Labute approximate surface area is 124 Å². The van der Waals surface area contributed by atoms with Crippen LogP contribution in [0.2, 0.25) is 0 Å². The highest BCUT2D eigenvalue weighted by Gasteiger charge is 2.18. The molecule has 20 heavy (non-hydrogen) atoms. The maximum Gasteiger partial charge on any atom is 0.00916 e. The third-order valence-corrected chi connectivity index (χ3v) is 4.50. The van der Waals surface area contributed by atoms with Crippen LogP contribution in [0.25, 0.3) is 0 Å². The molecule has 1 unspecified atom stereocenters. The molecular weight excluding hydrogens is 244 g/mol. The van der Waals surface area contributed by atoms with Crippen molar-refractivity contribution < 1.29 is 0 Å². The quantitative estimate of drug-likeness (QED) is 0.816. The van der Waals surface area contributed by atoms with E-state index in [0.717, 1.165) is 12.6 Å². The summed E-state index contributed by atoms with van der Waals surface area (Å²) < 4.78 is 0. The van der Waals surface area contributed by atoms with Gasteiger partial charge in [-0.25, -0.2) is 0 Å². The summed E-state index contributed by atoms with van der Waals surface area (Å²) in [5.41, 5.74) is 1.44. The van der Waals surface area contributed by atoms with Gasteiger partial charge in [0, 0.05) is 12.6 Å². The van der Waals surface area contributed by atoms with Gasteiger partial charge in [0.1, 0.15) is 0 Å². The van der Waals surface area contributed by atoms with E-state index in [9.17, 15) is 0 Å². The number of likely N-dealkylation sites (tertiary alicyclic amines) is 1. The molecule has 0 amide bonds. The summed E-state index contributed by atoms with van der Waals surface area (Å²) in [6.45, 7) is 9.54. The van der Waals surface area contributed by atoms with Crippen molar-refractivity contribution in [2.45, 2.75) is 51.5 Å². The molecule has 0 spiro atoms. The van der Waals surface area contributed by atoms with Gasteiger partial charge in [0.05, 0.1) is 0 Å². The molecule has 112 valence electrons. The summed E-state index contributed by atoms with van der Waals surface area (Å²) in [7, 11) is 0. The Morgan fingerprint density at radius 3 is 2.55 bits per heavy atom. The van der Waals surface area contributed by atoms with Crippen LogP contribution in [0.5, 0.6) is 0 Å². The van der Waals surface area contributed by atoms with Gasteiger partial charge >= 0.3 is 0 Å². The molecule has 1 aliphatic rings. The molecule has 0 saturated carbocycles. The lowest BCUT2D eigenvalue weighted by molar-refractivity contribution is 0.195. The van der Waals surface area contributed by atoms with Gasteiger partial charge in [-0.05, 0) is 50.4 Å². The minimum atomic E-state index is 0.606. The van der Waals surface area contributed by atoms with Gasteiger partial charge in [-0.15, -0.1) is 0 Å². The molecule has 2 nitrogen and oxygen atoms in total. The molecule has 1 saturated heterocycles. The number of piperidine rings is 1.